The number of ether oxygens (including phenoxy) is 1. The lowest BCUT2D eigenvalue weighted by molar-refractivity contribution is -0.0625. The summed E-state index contributed by atoms with van der Waals surface area (Å²) in [5, 5.41) is 24.4. The highest BCUT2D eigenvalue weighted by molar-refractivity contribution is 6.00. The molecule has 138 valence electrons. The van der Waals surface area contributed by atoms with Gasteiger partial charge in [-0.25, -0.2) is 0 Å². The molecule has 0 atom stereocenters. The van der Waals surface area contributed by atoms with Gasteiger partial charge < -0.3 is 15.2 Å². The number of benzene rings is 1. The number of nitrogens with zero attached hydrogens (tertiary/aromatic N) is 3. The number of phenolic OH excluding ortho intramolecular Hbond substituents is 1. The summed E-state index contributed by atoms with van der Waals surface area (Å²) in [7, 11) is 1.74. The fraction of sp³-hybridized carbons (Fsp3) is 0.286. The number of aromatic hydroxyl groups is 1. The van der Waals surface area contributed by atoms with Crippen LogP contribution in [-0.2, 0) is 4.74 Å². The van der Waals surface area contributed by atoms with Gasteiger partial charge in [0, 0.05) is 41.9 Å². The molecule has 27 heavy (non-hydrogen) atoms. The molecule has 1 saturated carbocycles. The first-order chi connectivity index (χ1) is 13.0. The molecule has 0 spiro atoms. The largest absolute Gasteiger partial charge is 0.507 e. The number of rotatable bonds is 5. The summed E-state index contributed by atoms with van der Waals surface area (Å²) in [5.74, 6) is 0.850. The van der Waals surface area contributed by atoms with Crippen LogP contribution in [0.2, 0.25) is 0 Å². The van der Waals surface area contributed by atoms with Gasteiger partial charge in [0.15, 0.2) is 5.82 Å². The van der Waals surface area contributed by atoms with Crippen LogP contribution >= 0.6 is 0 Å². The Morgan fingerprint density at radius 1 is 1.26 bits per heavy atom. The lowest BCUT2D eigenvalue weighted by Gasteiger charge is -2.44. The van der Waals surface area contributed by atoms with Crippen molar-refractivity contribution in [1.82, 2.24) is 15.2 Å². The normalized spacial score (nSPS) is 21.6. The van der Waals surface area contributed by atoms with E-state index in [1.165, 1.54) is 0 Å². The Kier molecular flexibility index (Phi) is 4.28. The summed E-state index contributed by atoms with van der Waals surface area (Å²) in [6, 6.07) is 7.58. The Balaban J connectivity index is 1.72. The summed E-state index contributed by atoms with van der Waals surface area (Å²) in [6.07, 6.45) is 7.02. The van der Waals surface area contributed by atoms with E-state index in [9.17, 15) is 5.11 Å². The first kappa shape index (κ1) is 17.4. The Hall–Kier alpha value is -2.99. The van der Waals surface area contributed by atoms with Gasteiger partial charge in [-0.1, -0.05) is 18.7 Å². The van der Waals surface area contributed by atoms with E-state index in [4.69, 9.17) is 4.74 Å². The minimum atomic E-state index is -0.0716. The van der Waals surface area contributed by atoms with E-state index in [2.05, 4.69) is 34.0 Å². The van der Waals surface area contributed by atoms with Crippen molar-refractivity contribution < 1.29 is 9.84 Å². The minimum Gasteiger partial charge on any atom is -0.507 e. The topological polar surface area (TPSA) is 80.2 Å². The van der Waals surface area contributed by atoms with Gasteiger partial charge in [-0.3, -0.25) is 4.98 Å². The monoisotopic (exact) mass is 362 g/mol. The molecule has 6 nitrogen and oxygen atoms in total. The van der Waals surface area contributed by atoms with Crippen LogP contribution in [0, 0.1) is 0 Å². The average molecular weight is 362 g/mol. The standard InChI is InChI=1S/C21H22N4O2/c1-4-13-5-6-16(18(26)9-13)19-15-7-8-22-12-17(15)20(25-24-19)23-14-10-21(2,11-14)27-3/h4-9,12,14,26H,1,10-11H2,2-3H3,(H,23,25). The van der Waals surface area contributed by atoms with E-state index in [1.807, 2.05) is 18.2 Å². The van der Waals surface area contributed by atoms with Gasteiger partial charge in [0.1, 0.15) is 11.4 Å². The number of hydrogen-bond acceptors (Lipinski definition) is 6. The second-order valence-corrected chi connectivity index (χ2v) is 7.20. The average Bonchev–Trinajstić information content (AvgIpc) is 2.67. The van der Waals surface area contributed by atoms with Gasteiger partial charge in [-0.05, 0) is 43.5 Å². The predicted octanol–water partition coefficient (Wildman–Crippen LogP) is 4.02. The van der Waals surface area contributed by atoms with Crippen molar-refractivity contribution in [1.29, 1.82) is 0 Å². The maximum absolute atomic E-state index is 10.4. The summed E-state index contributed by atoms with van der Waals surface area (Å²) < 4.78 is 5.51. The number of hydrogen-bond donors (Lipinski definition) is 2. The third-order valence-electron chi connectivity index (χ3n) is 5.28. The Labute approximate surface area is 157 Å². The highest BCUT2D eigenvalue weighted by Gasteiger charge is 2.40. The van der Waals surface area contributed by atoms with Gasteiger partial charge in [0.05, 0.1) is 5.60 Å². The van der Waals surface area contributed by atoms with Crippen LogP contribution in [-0.4, -0.2) is 39.0 Å². The molecule has 0 saturated heterocycles. The summed E-state index contributed by atoms with van der Waals surface area (Å²) in [4.78, 5) is 4.25. The van der Waals surface area contributed by atoms with Gasteiger partial charge in [-0.2, -0.15) is 0 Å². The summed E-state index contributed by atoms with van der Waals surface area (Å²) in [6.45, 7) is 5.84. The lowest BCUT2D eigenvalue weighted by Crippen LogP contribution is -2.49. The molecule has 3 aromatic rings. The second kappa shape index (κ2) is 6.63. The summed E-state index contributed by atoms with van der Waals surface area (Å²) >= 11 is 0. The Morgan fingerprint density at radius 2 is 2.07 bits per heavy atom. The Bertz CT molecular complexity index is 1010. The number of pyridine rings is 1. The van der Waals surface area contributed by atoms with E-state index in [0.717, 1.165) is 29.2 Å². The van der Waals surface area contributed by atoms with Gasteiger partial charge in [0.2, 0.25) is 0 Å². The van der Waals surface area contributed by atoms with Crippen molar-refractivity contribution in [3.05, 3.63) is 48.8 Å². The SMILES string of the molecule is C=Cc1ccc(-c2nnc(NC3CC(C)(OC)C3)c3cnccc23)c(O)c1. The number of phenols is 1. The van der Waals surface area contributed by atoms with E-state index in [1.54, 1.807) is 31.6 Å². The van der Waals surface area contributed by atoms with Crippen LogP contribution in [0.1, 0.15) is 25.3 Å². The highest BCUT2D eigenvalue weighted by Crippen LogP contribution is 2.39. The van der Waals surface area contributed by atoms with Crippen LogP contribution < -0.4 is 5.32 Å². The van der Waals surface area contributed by atoms with Crippen LogP contribution in [0.4, 0.5) is 5.82 Å². The third kappa shape index (κ3) is 3.13. The fourth-order valence-electron chi connectivity index (χ4n) is 3.62. The zero-order valence-electron chi connectivity index (χ0n) is 15.4. The van der Waals surface area contributed by atoms with Crippen molar-refractivity contribution in [3.8, 4) is 17.0 Å². The molecule has 0 bridgehead atoms. The first-order valence-electron chi connectivity index (χ1n) is 8.91. The molecule has 6 heteroatoms. The lowest BCUT2D eigenvalue weighted by atomic mass is 9.77. The van der Waals surface area contributed by atoms with Crippen molar-refractivity contribution >= 4 is 22.7 Å². The molecule has 0 radical (unpaired) electrons. The van der Waals surface area contributed by atoms with Crippen molar-refractivity contribution in [2.75, 3.05) is 12.4 Å². The van der Waals surface area contributed by atoms with Gasteiger partial charge in [0.25, 0.3) is 0 Å². The third-order valence-corrected chi connectivity index (χ3v) is 5.28. The minimum absolute atomic E-state index is 0.0716. The van der Waals surface area contributed by atoms with E-state index >= 15 is 0 Å². The summed E-state index contributed by atoms with van der Waals surface area (Å²) in [5.41, 5.74) is 2.03. The first-order valence-corrected chi connectivity index (χ1v) is 8.91. The number of nitrogens with one attached hydrogen (secondary N) is 1. The zero-order valence-corrected chi connectivity index (χ0v) is 15.4. The molecule has 0 unspecified atom stereocenters. The van der Waals surface area contributed by atoms with Crippen molar-refractivity contribution in [3.63, 3.8) is 0 Å². The quantitative estimate of drug-likeness (QED) is 0.714. The van der Waals surface area contributed by atoms with Crippen LogP contribution in [0.5, 0.6) is 5.75 Å². The number of aromatic nitrogens is 3. The van der Waals surface area contributed by atoms with Crippen molar-refractivity contribution in [2.45, 2.75) is 31.4 Å². The maximum Gasteiger partial charge on any atom is 0.158 e. The highest BCUT2D eigenvalue weighted by atomic mass is 16.5. The van der Waals surface area contributed by atoms with Crippen molar-refractivity contribution in [2.24, 2.45) is 0 Å². The van der Waals surface area contributed by atoms with E-state index in [-0.39, 0.29) is 11.4 Å². The number of fused-ring (bicyclic) bond motifs is 1. The molecular weight excluding hydrogens is 340 g/mol. The van der Waals surface area contributed by atoms with Gasteiger partial charge in [-0.15, -0.1) is 10.2 Å². The fourth-order valence-corrected chi connectivity index (χ4v) is 3.62. The molecule has 1 aliphatic carbocycles. The molecule has 0 aliphatic heterocycles. The number of methoxy groups -OCH3 is 1. The molecule has 0 amide bonds. The Morgan fingerprint density at radius 3 is 2.78 bits per heavy atom. The molecule has 4 rings (SSSR count). The molecule has 1 aromatic carbocycles. The molecule has 1 aliphatic rings. The molecule has 2 N–H and O–H groups in total. The van der Waals surface area contributed by atoms with Crippen LogP contribution in [0.25, 0.3) is 28.1 Å². The smallest absolute Gasteiger partial charge is 0.158 e. The van der Waals surface area contributed by atoms with E-state index < -0.39 is 0 Å². The van der Waals surface area contributed by atoms with Crippen LogP contribution in [0.3, 0.4) is 0 Å². The molecule has 2 heterocycles. The number of anilines is 1. The predicted molar refractivity (Wildman–Crippen MR) is 107 cm³/mol. The van der Waals surface area contributed by atoms with Crippen LogP contribution in [0.15, 0.2) is 43.2 Å². The molecule has 2 aromatic heterocycles. The van der Waals surface area contributed by atoms with E-state index in [0.29, 0.717) is 23.1 Å². The molecule has 1 fully saturated rings. The second-order valence-electron chi connectivity index (χ2n) is 7.20. The molecular formula is C21H22N4O2. The maximum atomic E-state index is 10.4. The van der Waals surface area contributed by atoms with Gasteiger partial charge >= 0.3 is 0 Å². The zero-order chi connectivity index (χ0) is 19.0.